The third kappa shape index (κ3) is 3.31. The number of hydrogen-bond acceptors (Lipinski definition) is 2. The Labute approximate surface area is 134 Å². The van der Waals surface area contributed by atoms with Gasteiger partial charge in [0.15, 0.2) is 0 Å². The lowest BCUT2D eigenvalue weighted by Crippen LogP contribution is -2.31. The largest absolute Gasteiger partial charge is 0.481 e. The number of nitrogens with zero attached hydrogens (tertiary/aromatic N) is 1. The van der Waals surface area contributed by atoms with Crippen LogP contribution in [-0.4, -0.2) is 17.0 Å². The highest BCUT2D eigenvalue weighted by molar-refractivity contribution is 5.98. The molecule has 0 bridgehead atoms. The summed E-state index contributed by atoms with van der Waals surface area (Å²) in [7, 11) is 0. The van der Waals surface area contributed by atoms with Crippen LogP contribution in [-0.2, 0) is 16.1 Å². The molecule has 1 aliphatic heterocycles. The Morgan fingerprint density at radius 2 is 1.57 bits per heavy atom. The van der Waals surface area contributed by atoms with Gasteiger partial charge in [-0.05, 0) is 22.8 Å². The van der Waals surface area contributed by atoms with Crippen molar-refractivity contribution in [3.63, 3.8) is 0 Å². The van der Waals surface area contributed by atoms with Crippen LogP contribution in [0.2, 0.25) is 0 Å². The summed E-state index contributed by atoms with van der Waals surface area (Å²) in [6.45, 7) is 0.440. The van der Waals surface area contributed by atoms with Crippen LogP contribution in [0.5, 0.6) is 0 Å². The van der Waals surface area contributed by atoms with Gasteiger partial charge in [-0.25, -0.2) is 0 Å². The molecule has 4 nitrogen and oxygen atoms in total. The average molecular weight is 307 g/mol. The molecule has 0 radical (unpaired) electrons. The minimum atomic E-state index is -0.959. The van der Waals surface area contributed by atoms with Gasteiger partial charge in [0.25, 0.3) is 0 Å². The van der Waals surface area contributed by atoms with Crippen LogP contribution in [0.1, 0.15) is 29.5 Å². The highest BCUT2D eigenvalue weighted by Crippen LogP contribution is 2.29. The maximum Gasteiger partial charge on any atom is 0.303 e. The lowest BCUT2D eigenvalue weighted by molar-refractivity contribution is -0.138. The van der Waals surface area contributed by atoms with E-state index in [1.165, 1.54) is 0 Å². The SMILES string of the molecule is O=C(O)CCC(=O)N1Cc2ccccc2C=Cc2ccccc21. The molecule has 0 saturated carbocycles. The number of anilines is 1. The van der Waals surface area contributed by atoms with Gasteiger partial charge in [-0.3, -0.25) is 9.59 Å². The zero-order valence-electron chi connectivity index (χ0n) is 12.6. The summed E-state index contributed by atoms with van der Waals surface area (Å²) in [5.41, 5.74) is 3.87. The first-order valence-electron chi connectivity index (χ1n) is 7.52. The third-order valence-corrected chi connectivity index (χ3v) is 3.91. The molecule has 1 amide bonds. The Kier molecular flexibility index (Phi) is 4.24. The summed E-state index contributed by atoms with van der Waals surface area (Å²) < 4.78 is 0. The third-order valence-electron chi connectivity index (χ3n) is 3.91. The molecule has 4 heteroatoms. The molecular formula is C19H17NO3. The normalized spacial score (nSPS) is 12.8. The summed E-state index contributed by atoms with van der Waals surface area (Å²) in [5.74, 6) is -1.14. The van der Waals surface area contributed by atoms with Gasteiger partial charge in [0.1, 0.15) is 0 Å². The topological polar surface area (TPSA) is 57.6 Å². The lowest BCUT2D eigenvalue weighted by Gasteiger charge is -2.27. The number of hydrogen-bond donors (Lipinski definition) is 1. The van der Waals surface area contributed by atoms with Crippen molar-refractivity contribution in [3.8, 4) is 0 Å². The maximum atomic E-state index is 12.6. The van der Waals surface area contributed by atoms with E-state index in [2.05, 4.69) is 0 Å². The van der Waals surface area contributed by atoms with Crippen molar-refractivity contribution < 1.29 is 14.7 Å². The van der Waals surface area contributed by atoms with Crippen molar-refractivity contribution in [2.24, 2.45) is 0 Å². The summed E-state index contributed by atoms with van der Waals surface area (Å²) in [6, 6.07) is 15.6. The van der Waals surface area contributed by atoms with E-state index in [-0.39, 0.29) is 18.7 Å². The van der Waals surface area contributed by atoms with Gasteiger partial charge in [-0.2, -0.15) is 0 Å². The summed E-state index contributed by atoms with van der Waals surface area (Å²) in [5, 5.41) is 8.83. The summed E-state index contributed by atoms with van der Waals surface area (Å²) in [6.07, 6.45) is 3.88. The minimum absolute atomic E-state index is 0.00442. The molecule has 0 fully saturated rings. The molecule has 116 valence electrons. The number of amides is 1. The van der Waals surface area contributed by atoms with E-state index >= 15 is 0 Å². The van der Waals surface area contributed by atoms with Crippen molar-refractivity contribution in [1.82, 2.24) is 0 Å². The van der Waals surface area contributed by atoms with Gasteiger partial charge in [0.05, 0.1) is 18.7 Å². The van der Waals surface area contributed by atoms with E-state index in [0.717, 1.165) is 22.4 Å². The Hall–Kier alpha value is -2.88. The Morgan fingerprint density at radius 3 is 2.35 bits per heavy atom. The van der Waals surface area contributed by atoms with Crippen molar-refractivity contribution >= 4 is 29.7 Å². The van der Waals surface area contributed by atoms with E-state index in [4.69, 9.17) is 5.11 Å². The second-order valence-electron chi connectivity index (χ2n) is 5.46. The molecule has 0 aliphatic carbocycles. The van der Waals surface area contributed by atoms with Gasteiger partial charge in [0.2, 0.25) is 5.91 Å². The molecule has 0 atom stereocenters. The number of carbonyl (C=O) groups is 2. The number of carboxylic acid groups (broad SMARTS) is 1. The lowest BCUT2D eigenvalue weighted by atomic mass is 10.0. The number of fused-ring (bicyclic) bond motifs is 2. The molecule has 3 rings (SSSR count). The first kappa shape index (κ1) is 15.0. The first-order valence-corrected chi connectivity index (χ1v) is 7.52. The number of aliphatic carboxylic acids is 1. The van der Waals surface area contributed by atoms with Crippen molar-refractivity contribution in [2.45, 2.75) is 19.4 Å². The van der Waals surface area contributed by atoms with Crippen LogP contribution in [0.15, 0.2) is 48.5 Å². The Bertz CT molecular complexity index is 780. The molecule has 0 saturated heterocycles. The highest BCUT2D eigenvalue weighted by Gasteiger charge is 2.21. The van der Waals surface area contributed by atoms with E-state index < -0.39 is 5.97 Å². The molecule has 0 unspecified atom stereocenters. The summed E-state index contributed by atoms with van der Waals surface area (Å²) >= 11 is 0. The van der Waals surface area contributed by atoms with Gasteiger partial charge in [-0.15, -0.1) is 0 Å². The molecule has 23 heavy (non-hydrogen) atoms. The van der Waals surface area contributed by atoms with E-state index in [0.29, 0.717) is 6.54 Å². The average Bonchev–Trinajstić information content (AvgIpc) is 2.55. The predicted molar refractivity (Wildman–Crippen MR) is 89.9 cm³/mol. The number of benzene rings is 2. The zero-order valence-corrected chi connectivity index (χ0v) is 12.6. The fourth-order valence-electron chi connectivity index (χ4n) is 2.72. The van der Waals surface area contributed by atoms with Gasteiger partial charge in [-0.1, -0.05) is 54.6 Å². The molecule has 2 aromatic rings. The number of carbonyl (C=O) groups excluding carboxylic acids is 1. The van der Waals surface area contributed by atoms with Gasteiger partial charge >= 0.3 is 5.97 Å². The smallest absolute Gasteiger partial charge is 0.303 e. The number of para-hydroxylation sites is 1. The first-order chi connectivity index (χ1) is 11.1. The van der Waals surface area contributed by atoms with E-state index in [1.54, 1.807) is 4.90 Å². The molecule has 1 N–H and O–H groups in total. The second kappa shape index (κ2) is 6.48. The van der Waals surface area contributed by atoms with Crippen LogP contribution in [0.25, 0.3) is 12.2 Å². The molecule has 0 spiro atoms. The molecule has 1 heterocycles. The van der Waals surface area contributed by atoms with Crippen molar-refractivity contribution in [3.05, 3.63) is 65.2 Å². The summed E-state index contributed by atoms with van der Waals surface area (Å²) in [4.78, 5) is 25.0. The van der Waals surface area contributed by atoms with Crippen LogP contribution < -0.4 is 4.90 Å². The minimum Gasteiger partial charge on any atom is -0.481 e. The van der Waals surface area contributed by atoms with Crippen LogP contribution in [0.3, 0.4) is 0 Å². The number of rotatable bonds is 3. The van der Waals surface area contributed by atoms with Gasteiger partial charge in [0, 0.05) is 6.42 Å². The predicted octanol–water partition coefficient (Wildman–Crippen LogP) is 3.57. The molecule has 0 aromatic heterocycles. The van der Waals surface area contributed by atoms with Gasteiger partial charge < -0.3 is 10.0 Å². The highest BCUT2D eigenvalue weighted by atomic mass is 16.4. The van der Waals surface area contributed by atoms with Crippen LogP contribution >= 0.6 is 0 Å². The van der Waals surface area contributed by atoms with Crippen molar-refractivity contribution in [2.75, 3.05) is 4.90 Å². The Balaban J connectivity index is 2.02. The fraction of sp³-hybridized carbons (Fsp3) is 0.158. The molecular weight excluding hydrogens is 290 g/mol. The number of carboxylic acids is 1. The van der Waals surface area contributed by atoms with Crippen LogP contribution in [0.4, 0.5) is 5.69 Å². The second-order valence-corrected chi connectivity index (χ2v) is 5.46. The van der Waals surface area contributed by atoms with Crippen molar-refractivity contribution in [1.29, 1.82) is 0 Å². The molecule has 1 aliphatic rings. The maximum absolute atomic E-state index is 12.6. The zero-order chi connectivity index (χ0) is 16.2. The van der Waals surface area contributed by atoms with E-state index in [1.807, 2.05) is 60.7 Å². The Morgan fingerprint density at radius 1 is 0.913 bits per heavy atom. The quantitative estimate of drug-likeness (QED) is 0.943. The van der Waals surface area contributed by atoms with Crippen LogP contribution in [0, 0.1) is 0 Å². The van der Waals surface area contributed by atoms with E-state index in [9.17, 15) is 9.59 Å². The monoisotopic (exact) mass is 307 g/mol. The molecule has 2 aromatic carbocycles. The fourth-order valence-corrected chi connectivity index (χ4v) is 2.72. The standard InChI is InChI=1S/C19H17NO3/c21-18(11-12-19(22)23)20-13-16-7-2-1-5-14(16)9-10-15-6-3-4-8-17(15)20/h1-10H,11-13H2,(H,22,23).